The second-order valence-electron chi connectivity index (χ2n) is 6.87. The summed E-state index contributed by atoms with van der Waals surface area (Å²) in [6.07, 6.45) is 7.47. The number of benzene rings is 2. The molecule has 0 saturated carbocycles. The third-order valence-corrected chi connectivity index (χ3v) is 4.89. The Morgan fingerprint density at radius 1 is 1.18 bits per heavy atom. The van der Waals surface area contributed by atoms with Gasteiger partial charge in [-0.3, -0.25) is 14.9 Å². The van der Waals surface area contributed by atoms with Crippen molar-refractivity contribution < 1.29 is 9.72 Å². The van der Waals surface area contributed by atoms with Crippen molar-refractivity contribution in [3.63, 3.8) is 0 Å². The van der Waals surface area contributed by atoms with Crippen molar-refractivity contribution >= 4 is 34.4 Å². The van der Waals surface area contributed by atoms with Gasteiger partial charge in [-0.05, 0) is 42.7 Å². The number of hydrogen-bond donors (Lipinski definition) is 1. The van der Waals surface area contributed by atoms with E-state index in [0.717, 1.165) is 36.2 Å². The molecule has 0 atom stereocenters. The molecule has 0 bridgehead atoms. The molecule has 142 valence electrons. The van der Waals surface area contributed by atoms with E-state index < -0.39 is 4.92 Å². The fourth-order valence-electron chi connectivity index (χ4n) is 3.53. The molecule has 0 fully saturated rings. The zero-order valence-electron chi connectivity index (χ0n) is 15.3. The number of amides is 1. The number of hydrogen-bond acceptors (Lipinski definition) is 4. The van der Waals surface area contributed by atoms with Crippen LogP contribution in [0.3, 0.4) is 0 Å². The number of carbonyl (C=O) groups excluding carboxylic acids is 1. The van der Waals surface area contributed by atoms with E-state index >= 15 is 0 Å². The standard InChI is InChI=1S/C21H20N4O3/c26-21(11-8-15-5-4-6-17(13-15)25(27)28)22-16-9-10-19-18(14-16)23-20-7-2-1-3-12-24(19)20/h4-6,8-11,13-14H,1-3,7,12H2,(H,22,26). The lowest BCUT2D eigenvalue weighted by Gasteiger charge is -2.05. The highest BCUT2D eigenvalue weighted by molar-refractivity contribution is 6.02. The van der Waals surface area contributed by atoms with Crippen LogP contribution < -0.4 is 5.32 Å². The first kappa shape index (κ1) is 17.9. The molecular weight excluding hydrogens is 356 g/mol. The summed E-state index contributed by atoms with van der Waals surface area (Å²) in [5.74, 6) is 0.813. The molecule has 2 aromatic carbocycles. The van der Waals surface area contributed by atoms with Crippen LogP contribution in [0.4, 0.5) is 11.4 Å². The Kier molecular flexibility index (Phi) is 4.89. The Morgan fingerprint density at radius 3 is 2.93 bits per heavy atom. The molecule has 7 heteroatoms. The predicted molar refractivity (Wildman–Crippen MR) is 108 cm³/mol. The molecule has 2 heterocycles. The van der Waals surface area contributed by atoms with Crippen LogP contribution in [-0.2, 0) is 17.8 Å². The van der Waals surface area contributed by atoms with Crippen LogP contribution in [0, 0.1) is 10.1 Å². The fraction of sp³-hybridized carbons (Fsp3) is 0.238. The molecule has 28 heavy (non-hydrogen) atoms. The minimum atomic E-state index is -0.459. The van der Waals surface area contributed by atoms with Crippen molar-refractivity contribution in [3.8, 4) is 0 Å². The number of imidazole rings is 1. The van der Waals surface area contributed by atoms with Gasteiger partial charge in [0.05, 0.1) is 16.0 Å². The summed E-state index contributed by atoms with van der Waals surface area (Å²) in [6.45, 7) is 0.990. The van der Waals surface area contributed by atoms with Gasteiger partial charge < -0.3 is 9.88 Å². The molecule has 0 radical (unpaired) electrons. The molecule has 0 unspecified atom stereocenters. The molecule has 4 rings (SSSR count). The molecule has 0 aliphatic carbocycles. The van der Waals surface area contributed by atoms with Crippen molar-refractivity contribution in [1.29, 1.82) is 0 Å². The number of nitro groups is 1. The first-order valence-corrected chi connectivity index (χ1v) is 9.33. The predicted octanol–water partition coefficient (Wildman–Crippen LogP) is 4.32. The average molecular weight is 376 g/mol. The molecular formula is C21H20N4O3. The van der Waals surface area contributed by atoms with Gasteiger partial charge in [-0.25, -0.2) is 4.98 Å². The van der Waals surface area contributed by atoms with Gasteiger partial charge in [0.25, 0.3) is 5.69 Å². The zero-order valence-corrected chi connectivity index (χ0v) is 15.3. The number of carbonyl (C=O) groups is 1. The Balaban J connectivity index is 1.49. The minimum Gasteiger partial charge on any atom is -0.328 e. The number of fused-ring (bicyclic) bond motifs is 3. The van der Waals surface area contributed by atoms with E-state index in [1.807, 2.05) is 18.2 Å². The number of rotatable bonds is 4. The third-order valence-electron chi connectivity index (χ3n) is 4.89. The number of nitrogens with zero attached hydrogens (tertiary/aromatic N) is 3. The quantitative estimate of drug-likeness (QED) is 0.417. The van der Waals surface area contributed by atoms with Crippen molar-refractivity contribution in [1.82, 2.24) is 9.55 Å². The summed E-state index contributed by atoms with van der Waals surface area (Å²) in [5.41, 5.74) is 3.25. The van der Waals surface area contributed by atoms with Crippen molar-refractivity contribution in [2.45, 2.75) is 32.2 Å². The number of non-ortho nitro benzene ring substituents is 1. The topological polar surface area (TPSA) is 90.1 Å². The van der Waals surface area contributed by atoms with Crippen LogP contribution in [0.25, 0.3) is 17.1 Å². The maximum atomic E-state index is 12.2. The second kappa shape index (κ2) is 7.64. The minimum absolute atomic E-state index is 0.00689. The van der Waals surface area contributed by atoms with Crippen LogP contribution in [-0.4, -0.2) is 20.4 Å². The van der Waals surface area contributed by atoms with Gasteiger partial charge in [0.15, 0.2) is 0 Å². The van der Waals surface area contributed by atoms with E-state index in [1.165, 1.54) is 31.1 Å². The number of aryl methyl sites for hydroxylation is 2. The lowest BCUT2D eigenvalue weighted by Crippen LogP contribution is -2.07. The van der Waals surface area contributed by atoms with Crippen LogP contribution in [0.1, 0.15) is 30.7 Å². The van der Waals surface area contributed by atoms with E-state index in [0.29, 0.717) is 11.3 Å². The number of aromatic nitrogens is 2. The molecule has 3 aromatic rings. The Labute approximate surface area is 161 Å². The van der Waals surface area contributed by atoms with Gasteiger partial charge in [-0.1, -0.05) is 18.6 Å². The van der Waals surface area contributed by atoms with Crippen LogP contribution in [0.2, 0.25) is 0 Å². The monoisotopic (exact) mass is 376 g/mol. The zero-order chi connectivity index (χ0) is 19.5. The first-order valence-electron chi connectivity index (χ1n) is 9.33. The Morgan fingerprint density at radius 2 is 2.07 bits per heavy atom. The normalized spacial score (nSPS) is 14.0. The van der Waals surface area contributed by atoms with E-state index in [-0.39, 0.29) is 11.6 Å². The highest BCUT2D eigenvalue weighted by Gasteiger charge is 2.14. The largest absolute Gasteiger partial charge is 0.328 e. The van der Waals surface area contributed by atoms with Gasteiger partial charge in [0.2, 0.25) is 5.91 Å². The lowest BCUT2D eigenvalue weighted by atomic mass is 10.2. The third kappa shape index (κ3) is 3.78. The number of nitrogens with one attached hydrogen (secondary N) is 1. The molecule has 0 spiro atoms. The second-order valence-corrected chi connectivity index (χ2v) is 6.87. The SMILES string of the molecule is O=C(C=Cc1cccc([N+](=O)[O-])c1)Nc1ccc2c(c1)nc1n2CCCCC1. The van der Waals surface area contributed by atoms with E-state index in [9.17, 15) is 14.9 Å². The summed E-state index contributed by atoms with van der Waals surface area (Å²) in [6, 6.07) is 11.9. The van der Waals surface area contributed by atoms with Gasteiger partial charge in [0, 0.05) is 36.9 Å². The summed E-state index contributed by atoms with van der Waals surface area (Å²) < 4.78 is 2.27. The Hall–Kier alpha value is -3.48. The summed E-state index contributed by atoms with van der Waals surface area (Å²) >= 11 is 0. The molecule has 1 aromatic heterocycles. The maximum Gasteiger partial charge on any atom is 0.270 e. The van der Waals surface area contributed by atoms with E-state index in [1.54, 1.807) is 18.2 Å². The van der Waals surface area contributed by atoms with Gasteiger partial charge in [-0.15, -0.1) is 0 Å². The number of anilines is 1. The average Bonchev–Trinajstić information content (AvgIpc) is 2.86. The van der Waals surface area contributed by atoms with Crippen molar-refractivity contribution in [3.05, 3.63) is 70.0 Å². The first-order chi connectivity index (χ1) is 13.6. The van der Waals surface area contributed by atoms with Crippen LogP contribution >= 0.6 is 0 Å². The van der Waals surface area contributed by atoms with Crippen molar-refractivity contribution in [2.24, 2.45) is 0 Å². The summed E-state index contributed by atoms with van der Waals surface area (Å²) in [7, 11) is 0. The molecule has 7 nitrogen and oxygen atoms in total. The number of nitro benzene ring substituents is 1. The molecule has 0 saturated heterocycles. The van der Waals surface area contributed by atoms with E-state index in [4.69, 9.17) is 4.98 Å². The van der Waals surface area contributed by atoms with Crippen LogP contribution in [0.15, 0.2) is 48.5 Å². The molecule has 1 N–H and O–H groups in total. The van der Waals surface area contributed by atoms with Gasteiger partial charge in [-0.2, -0.15) is 0 Å². The molecule has 1 aliphatic heterocycles. The van der Waals surface area contributed by atoms with E-state index in [2.05, 4.69) is 9.88 Å². The van der Waals surface area contributed by atoms with Gasteiger partial charge in [0.1, 0.15) is 5.82 Å². The highest BCUT2D eigenvalue weighted by atomic mass is 16.6. The van der Waals surface area contributed by atoms with Crippen molar-refractivity contribution in [2.75, 3.05) is 5.32 Å². The summed E-state index contributed by atoms with van der Waals surface area (Å²) in [5, 5.41) is 13.7. The van der Waals surface area contributed by atoms with Gasteiger partial charge >= 0.3 is 0 Å². The molecule has 1 amide bonds. The van der Waals surface area contributed by atoms with Crippen LogP contribution in [0.5, 0.6) is 0 Å². The lowest BCUT2D eigenvalue weighted by molar-refractivity contribution is -0.384. The fourth-order valence-corrected chi connectivity index (χ4v) is 3.53. The smallest absolute Gasteiger partial charge is 0.270 e. The summed E-state index contributed by atoms with van der Waals surface area (Å²) in [4.78, 5) is 27.3. The highest BCUT2D eigenvalue weighted by Crippen LogP contribution is 2.24. The Bertz CT molecular complexity index is 1080. The molecule has 1 aliphatic rings. The maximum absolute atomic E-state index is 12.2.